The summed E-state index contributed by atoms with van der Waals surface area (Å²) in [6.07, 6.45) is 2.47. The van der Waals surface area contributed by atoms with Gasteiger partial charge in [0.2, 0.25) is 0 Å². The highest BCUT2D eigenvalue weighted by molar-refractivity contribution is 6.11. The Morgan fingerprint density at radius 2 is 2.18 bits per heavy atom. The lowest BCUT2D eigenvalue weighted by Gasteiger charge is -2.32. The molecule has 0 aliphatic carbocycles. The summed E-state index contributed by atoms with van der Waals surface area (Å²) < 4.78 is 0. The minimum absolute atomic E-state index is 0.270. The van der Waals surface area contributed by atoms with Crippen molar-refractivity contribution in [1.29, 1.82) is 0 Å². The van der Waals surface area contributed by atoms with Crippen molar-refractivity contribution in [3.63, 3.8) is 0 Å². The molecular formula is C17H20N4O. The maximum atomic E-state index is 9.84. The van der Waals surface area contributed by atoms with Crippen molar-refractivity contribution in [2.45, 2.75) is 26.7 Å². The van der Waals surface area contributed by atoms with Gasteiger partial charge in [-0.3, -0.25) is 0 Å². The van der Waals surface area contributed by atoms with Crippen LogP contribution in [0.25, 0.3) is 21.9 Å². The van der Waals surface area contributed by atoms with Gasteiger partial charge in [0.25, 0.3) is 0 Å². The summed E-state index contributed by atoms with van der Waals surface area (Å²) >= 11 is 0. The number of piperidine rings is 1. The molecule has 1 unspecified atom stereocenters. The van der Waals surface area contributed by atoms with Crippen LogP contribution in [0, 0.1) is 12.8 Å². The first kappa shape index (κ1) is 13.4. The molecule has 0 spiro atoms. The van der Waals surface area contributed by atoms with Crippen molar-refractivity contribution in [3.05, 3.63) is 24.0 Å². The predicted octanol–water partition coefficient (Wildman–Crippen LogP) is 3.36. The fourth-order valence-electron chi connectivity index (χ4n) is 3.48. The number of hydrogen-bond acceptors (Lipinski definition) is 4. The van der Waals surface area contributed by atoms with E-state index in [-0.39, 0.29) is 5.75 Å². The van der Waals surface area contributed by atoms with E-state index in [4.69, 9.17) is 4.98 Å². The summed E-state index contributed by atoms with van der Waals surface area (Å²) in [5.74, 6) is 2.71. The number of nitrogens with one attached hydrogen (secondary N) is 1. The largest absolute Gasteiger partial charge is 0.508 e. The summed E-state index contributed by atoms with van der Waals surface area (Å²) in [6, 6.07) is 5.38. The van der Waals surface area contributed by atoms with E-state index in [0.717, 1.165) is 46.7 Å². The van der Waals surface area contributed by atoms with Gasteiger partial charge >= 0.3 is 0 Å². The van der Waals surface area contributed by atoms with Gasteiger partial charge in [-0.2, -0.15) is 0 Å². The van der Waals surface area contributed by atoms with E-state index in [0.29, 0.717) is 5.92 Å². The molecular weight excluding hydrogens is 276 g/mol. The van der Waals surface area contributed by atoms with E-state index < -0.39 is 0 Å². The fraction of sp³-hybridized carbons (Fsp3) is 0.412. The molecule has 5 heteroatoms. The highest BCUT2D eigenvalue weighted by Gasteiger charge is 2.22. The molecule has 0 saturated carbocycles. The molecule has 0 amide bonds. The zero-order valence-electron chi connectivity index (χ0n) is 12.9. The SMILES string of the molecule is Cc1nc(N2CCCC(C)C2)c2c(n1)[nH]c1ccc(O)cc12. The van der Waals surface area contributed by atoms with Crippen molar-refractivity contribution in [2.24, 2.45) is 5.92 Å². The normalized spacial score (nSPS) is 19.2. The Morgan fingerprint density at radius 3 is 3.00 bits per heavy atom. The van der Waals surface area contributed by atoms with E-state index in [1.807, 2.05) is 13.0 Å². The van der Waals surface area contributed by atoms with E-state index in [9.17, 15) is 5.11 Å². The summed E-state index contributed by atoms with van der Waals surface area (Å²) in [7, 11) is 0. The third-order valence-electron chi connectivity index (χ3n) is 4.48. The zero-order chi connectivity index (χ0) is 15.3. The molecule has 1 aliphatic rings. The van der Waals surface area contributed by atoms with Gasteiger partial charge in [0.05, 0.1) is 5.39 Å². The Morgan fingerprint density at radius 1 is 1.32 bits per heavy atom. The first-order valence-electron chi connectivity index (χ1n) is 7.86. The Balaban J connectivity index is 1.99. The first-order chi connectivity index (χ1) is 10.6. The fourth-order valence-corrected chi connectivity index (χ4v) is 3.48. The summed E-state index contributed by atoms with van der Waals surface area (Å²) in [4.78, 5) is 15.0. The highest BCUT2D eigenvalue weighted by atomic mass is 16.3. The minimum Gasteiger partial charge on any atom is -0.508 e. The van der Waals surface area contributed by atoms with Gasteiger partial charge in [-0.15, -0.1) is 0 Å². The quantitative estimate of drug-likeness (QED) is 0.722. The number of aromatic hydroxyl groups is 1. The molecule has 114 valence electrons. The van der Waals surface area contributed by atoms with Gasteiger partial charge < -0.3 is 15.0 Å². The number of H-pyrrole nitrogens is 1. The van der Waals surface area contributed by atoms with Crippen LogP contribution in [0.5, 0.6) is 5.75 Å². The van der Waals surface area contributed by atoms with E-state index in [1.165, 1.54) is 12.8 Å². The number of phenolic OH excluding ortho intramolecular Hbond substituents is 1. The van der Waals surface area contributed by atoms with Gasteiger partial charge in [-0.25, -0.2) is 9.97 Å². The topological polar surface area (TPSA) is 65.0 Å². The van der Waals surface area contributed by atoms with E-state index in [2.05, 4.69) is 21.8 Å². The highest BCUT2D eigenvalue weighted by Crippen LogP contribution is 2.35. The lowest BCUT2D eigenvalue weighted by Crippen LogP contribution is -2.35. The van der Waals surface area contributed by atoms with E-state index >= 15 is 0 Å². The molecule has 22 heavy (non-hydrogen) atoms. The average molecular weight is 296 g/mol. The van der Waals surface area contributed by atoms with Crippen LogP contribution < -0.4 is 4.90 Å². The standard InChI is InChI=1S/C17H20N4O/c1-10-4-3-7-21(9-10)17-15-13-8-12(22)5-6-14(13)20-16(15)18-11(2)19-17/h5-6,8,10,22H,3-4,7,9H2,1-2H3,(H,18,19,20). The minimum atomic E-state index is 0.270. The third-order valence-corrected chi connectivity index (χ3v) is 4.48. The monoisotopic (exact) mass is 296 g/mol. The van der Waals surface area contributed by atoms with Crippen LogP contribution in [0.3, 0.4) is 0 Å². The summed E-state index contributed by atoms with van der Waals surface area (Å²) in [5, 5.41) is 11.8. The van der Waals surface area contributed by atoms with Crippen LogP contribution in [0.1, 0.15) is 25.6 Å². The van der Waals surface area contributed by atoms with Crippen molar-refractivity contribution < 1.29 is 5.11 Å². The maximum Gasteiger partial charge on any atom is 0.144 e. The third kappa shape index (κ3) is 2.08. The molecule has 1 aliphatic heterocycles. The molecule has 5 nitrogen and oxygen atoms in total. The second-order valence-electron chi connectivity index (χ2n) is 6.37. The molecule has 1 atom stereocenters. The number of nitrogens with zero attached hydrogens (tertiary/aromatic N) is 3. The second kappa shape index (κ2) is 4.87. The first-order valence-corrected chi connectivity index (χ1v) is 7.86. The molecule has 2 aromatic heterocycles. The number of benzene rings is 1. The Labute approximate surface area is 129 Å². The molecule has 2 N–H and O–H groups in total. The predicted molar refractivity (Wildman–Crippen MR) is 88.4 cm³/mol. The number of fused-ring (bicyclic) bond motifs is 3. The number of aromatic nitrogens is 3. The lowest BCUT2D eigenvalue weighted by molar-refractivity contribution is 0.445. The Bertz CT molecular complexity index is 855. The van der Waals surface area contributed by atoms with Crippen molar-refractivity contribution in [1.82, 2.24) is 15.0 Å². The average Bonchev–Trinajstić information content (AvgIpc) is 2.83. The zero-order valence-corrected chi connectivity index (χ0v) is 12.9. The van der Waals surface area contributed by atoms with Gasteiger partial charge in [0.15, 0.2) is 0 Å². The molecule has 0 bridgehead atoms. The van der Waals surface area contributed by atoms with Crippen molar-refractivity contribution >= 4 is 27.8 Å². The van der Waals surface area contributed by atoms with Gasteiger partial charge in [0, 0.05) is 24.0 Å². The molecule has 3 aromatic rings. The molecule has 1 saturated heterocycles. The van der Waals surface area contributed by atoms with Crippen LogP contribution >= 0.6 is 0 Å². The van der Waals surface area contributed by atoms with Gasteiger partial charge in [-0.05, 0) is 43.9 Å². The summed E-state index contributed by atoms with van der Waals surface area (Å²) in [5.41, 5.74) is 1.83. The van der Waals surface area contributed by atoms with E-state index in [1.54, 1.807) is 12.1 Å². The molecule has 4 rings (SSSR count). The van der Waals surface area contributed by atoms with Crippen LogP contribution in [0.4, 0.5) is 5.82 Å². The molecule has 3 heterocycles. The number of anilines is 1. The number of phenols is 1. The number of hydrogen-bond donors (Lipinski definition) is 2. The van der Waals surface area contributed by atoms with Crippen molar-refractivity contribution in [3.8, 4) is 5.75 Å². The molecule has 1 aromatic carbocycles. The Kier molecular flexibility index (Phi) is 2.96. The number of aryl methyl sites for hydroxylation is 1. The summed E-state index contributed by atoms with van der Waals surface area (Å²) in [6.45, 7) is 6.27. The van der Waals surface area contributed by atoms with Gasteiger partial charge in [0.1, 0.15) is 23.0 Å². The van der Waals surface area contributed by atoms with Crippen LogP contribution in [0.15, 0.2) is 18.2 Å². The number of rotatable bonds is 1. The van der Waals surface area contributed by atoms with Crippen LogP contribution in [0.2, 0.25) is 0 Å². The maximum absolute atomic E-state index is 9.84. The molecule has 1 fully saturated rings. The van der Waals surface area contributed by atoms with Gasteiger partial charge in [-0.1, -0.05) is 6.92 Å². The van der Waals surface area contributed by atoms with Crippen LogP contribution in [-0.2, 0) is 0 Å². The Hall–Kier alpha value is -2.30. The van der Waals surface area contributed by atoms with Crippen molar-refractivity contribution in [2.75, 3.05) is 18.0 Å². The number of aromatic amines is 1. The molecule has 0 radical (unpaired) electrons. The van der Waals surface area contributed by atoms with Crippen LogP contribution in [-0.4, -0.2) is 33.1 Å². The lowest BCUT2D eigenvalue weighted by atomic mass is 10.00. The smallest absolute Gasteiger partial charge is 0.144 e. The second-order valence-corrected chi connectivity index (χ2v) is 6.37.